The minimum Gasteiger partial charge on any atom is -0.273 e. The molecule has 0 aromatic heterocycles. The van der Waals surface area contributed by atoms with E-state index in [9.17, 15) is 4.79 Å². The number of halogens is 1. The SMILES string of the molecule is C/C(=N/NC(=O)Cc1ccc(Cl)cc1)c1ccccc1. The van der Waals surface area contributed by atoms with Crippen LogP contribution in [0.15, 0.2) is 59.7 Å². The number of nitrogens with zero attached hydrogens (tertiary/aromatic N) is 1. The molecule has 3 nitrogen and oxygen atoms in total. The summed E-state index contributed by atoms with van der Waals surface area (Å²) in [4.78, 5) is 11.8. The van der Waals surface area contributed by atoms with Gasteiger partial charge in [-0.15, -0.1) is 0 Å². The molecule has 2 aromatic carbocycles. The van der Waals surface area contributed by atoms with E-state index in [-0.39, 0.29) is 12.3 Å². The number of hydrazone groups is 1. The maximum atomic E-state index is 11.8. The van der Waals surface area contributed by atoms with Crippen LogP contribution in [0.1, 0.15) is 18.1 Å². The number of carbonyl (C=O) groups excluding carboxylic acids is 1. The number of benzene rings is 2. The van der Waals surface area contributed by atoms with Gasteiger partial charge < -0.3 is 0 Å². The Morgan fingerprint density at radius 1 is 1.10 bits per heavy atom. The van der Waals surface area contributed by atoms with Crippen LogP contribution in [0.3, 0.4) is 0 Å². The Hall–Kier alpha value is -2.13. The Bertz CT molecular complexity index is 606. The van der Waals surface area contributed by atoms with Gasteiger partial charge in [0, 0.05) is 5.02 Å². The van der Waals surface area contributed by atoms with Crippen molar-refractivity contribution >= 4 is 23.2 Å². The van der Waals surface area contributed by atoms with Gasteiger partial charge in [-0.1, -0.05) is 54.1 Å². The second kappa shape index (κ2) is 6.87. The van der Waals surface area contributed by atoms with Crippen molar-refractivity contribution in [3.8, 4) is 0 Å². The number of nitrogens with one attached hydrogen (secondary N) is 1. The molecule has 0 spiro atoms. The monoisotopic (exact) mass is 286 g/mol. The van der Waals surface area contributed by atoms with Crippen LogP contribution in [-0.2, 0) is 11.2 Å². The molecule has 1 amide bonds. The fourth-order valence-electron chi connectivity index (χ4n) is 1.72. The Labute approximate surface area is 123 Å². The molecule has 0 aliphatic rings. The summed E-state index contributed by atoms with van der Waals surface area (Å²) in [6.45, 7) is 1.86. The molecular weight excluding hydrogens is 272 g/mol. The third-order valence-corrected chi connectivity index (χ3v) is 3.07. The number of carbonyl (C=O) groups is 1. The van der Waals surface area contributed by atoms with Crippen LogP contribution in [-0.4, -0.2) is 11.6 Å². The van der Waals surface area contributed by atoms with E-state index >= 15 is 0 Å². The third kappa shape index (κ3) is 4.21. The summed E-state index contributed by atoms with van der Waals surface area (Å²) in [5.41, 5.74) is 5.22. The number of rotatable bonds is 4. The molecule has 0 saturated carbocycles. The first-order valence-electron chi connectivity index (χ1n) is 6.28. The second-order valence-electron chi connectivity index (χ2n) is 4.40. The fourth-order valence-corrected chi connectivity index (χ4v) is 1.84. The van der Waals surface area contributed by atoms with E-state index in [4.69, 9.17) is 11.6 Å². The molecule has 4 heteroatoms. The minimum absolute atomic E-state index is 0.150. The lowest BCUT2D eigenvalue weighted by Crippen LogP contribution is -2.21. The van der Waals surface area contributed by atoms with E-state index < -0.39 is 0 Å². The average molecular weight is 287 g/mol. The Kier molecular flexibility index (Phi) is 4.91. The van der Waals surface area contributed by atoms with E-state index in [1.54, 1.807) is 12.1 Å². The van der Waals surface area contributed by atoms with Gasteiger partial charge in [-0.2, -0.15) is 5.10 Å². The van der Waals surface area contributed by atoms with Crippen molar-refractivity contribution in [1.29, 1.82) is 0 Å². The summed E-state index contributed by atoms with van der Waals surface area (Å²) in [6, 6.07) is 16.9. The first kappa shape index (κ1) is 14.3. The highest BCUT2D eigenvalue weighted by molar-refractivity contribution is 6.30. The van der Waals surface area contributed by atoms with Gasteiger partial charge in [-0.3, -0.25) is 4.79 Å². The summed E-state index contributed by atoms with van der Waals surface area (Å²) in [5, 5.41) is 4.76. The summed E-state index contributed by atoms with van der Waals surface area (Å²) >= 11 is 5.80. The normalized spacial score (nSPS) is 11.2. The molecule has 0 aliphatic carbocycles. The van der Waals surface area contributed by atoms with Crippen LogP contribution >= 0.6 is 11.6 Å². The van der Waals surface area contributed by atoms with Crippen molar-refractivity contribution in [2.24, 2.45) is 5.10 Å². The molecule has 102 valence electrons. The van der Waals surface area contributed by atoms with Crippen LogP contribution in [0.2, 0.25) is 5.02 Å². The van der Waals surface area contributed by atoms with Crippen molar-refractivity contribution < 1.29 is 4.79 Å². The molecule has 0 aliphatic heterocycles. The van der Waals surface area contributed by atoms with E-state index in [1.807, 2.05) is 49.4 Å². The third-order valence-electron chi connectivity index (χ3n) is 2.82. The summed E-state index contributed by atoms with van der Waals surface area (Å²) in [7, 11) is 0. The molecular formula is C16H15ClN2O. The van der Waals surface area contributed by atoms with Crippen LogP contribution in [0.5, 0.6) is 0 Å². The molecule has 20 heavy (non-hydrogen) atoms. The highest BCUT2D eigenvalue weighted by atomic mass is 35.5. The van der Waals surface area contributed by atoms with E-state index in [2.05, 4.69) is 10.5 Å². The Morgan fingerprint density at radius 2 is 1.75 bits per heavy atom. The maximum absolute atomic E-state index is 11.8. The fraction of sp³-hybridized carbons (Fsp3) is 0.125. The average Bonchev–Trinajstić information content (AvgIpc) is 2.48. The molecule has 1 N–H and O–H groups in total. The van der Waals surface area contributed by atoms with E-state index in [0.717, 1.165) is 16.8 Å². The number of hydrogen-bond donors (Lipinski definition) is 1. The lowest BCUT2D eigenvalue weighted by atomic mass is 10.1. The van der Waals surface area contributed by atoms with E-state index in [1.165, 1.54) is 0 Å². The zero-order valence-corrected chi connectivity index (χ0v) is 11.9. The molecule has 0 bridgehead atoms. The lowest BCUT2D eigenvalue weighted by Gasteiger charge is -2.03. The van der Waals surface area contributed by atoms with Crippen molar-refractivity contribution in [2.75, 3.05) is 0 Å². The molecule has 0 saturated heterocycles. The first-order valence-corrected chi connectivity index (χ1v) is 6.66. The lowest BCUT2D eigenvalue weighted by molar-refractivity contribution is -0.120. The van der Waals surface area contributed by atoms with Crippen molar-refractivity contribution in [2.45, 2.75) is 13.3 Å². The zero-order chi connectivity index (χ0) is 14.4. The Balaban J connectivity index is 1.93. The number of hydrogen-bond acceptors (Lipinski definition) is 2. The van der Waals surface area contributed by atoms with Crippen molar-refractivity contribution in [3.05, 3.63) is 70.7 Å². The molecule has 0 unspecified atom stereocenters. The van der Waals surface area contributed by atoms with Crippen LogP contribution < -0.4 is 5.43 Å². The van der Waals surface area contributed by atoms with Gasteiger partial charge in [0.1, 0.15) is 0 Å². The highest BCUT2D eigenvalue weighted by Gasteiger charge is 2.03. The molecule has 0 fully saturated rings. The molecule has 0 heterocycles. The Morgan fingerprint density at radius 3 is 2.40 bits per heavy atom. The number of amides is 1. The van der Waals surface area contributed by atoms with Gasteiger partial charge >= 0.3 is 0 Å². The molecule has 0 atom stereocenters. The largest absolute Gasteiger partial charge is 0.273 e. The van der Waals surface area contributed by atoms with Gasteiger partial charge in [0.15, 0.2) is 0 Å². The maximum Gasteiger partial charge on any atom is 0.244 e. The van der Waals surface area contributed by atoms with Crippen molar-refractivity contribution in [1.82, 2.24) is 5.43 Å². The van der Waals surface area contributed by atoms with Crippen LogP contribution in [0.25, 0.3) is 0 Å². The predicted octanol–water partition coefficient (Wildman–Crippen LogP) is 3.42. The van der Waals surface area contributed by atoms with Gasteiger partial charge in [-0.05, 0) is 30.2 Å². The summed E-state index contributed by atoms with van der Waals surface area (Å²) in [5.74, 6) is -0.150. The van der Waals surface area contributed by atoms with Gasteiger partial charge in [0.25, 0.3) is 0 Å². The zero-order valence-electron chi connectivity index (χ0n) is 11.1. The summed E-state index contributed by atoms with van der Waals surface area (Å²) < 4.78 is 0. The second-order valence-corrected chi connectivity index (χ2v) is 4.84. The molecule has 0 radical (unpaired) electrons. The standard InChI is InChI=1S/C16H15ClN2O/c1-12(14-5-3-2-4-6-14)18-19-16(20)11-13-7-9-15(17)10-8-13/h2-10H,11H2,1H3,(H,19,20)/b18-12-. The van der Waals surface area contributed by atoms with Crippen LogP contribution in [0, 0.1) is 0 Å². The molecule has 2 aromatic rings. The smallest absolute Gasteiger partial charge is 0.244 e. The minimum atomic E-state index is -0.150. The van der Waals surface area contributed by atoms with E-state index in [0.29, 0.717) is 5.02 Å². The highest BCUT2D eigenvalue weighted by Crippen LogP contribution is 2.09. The van der Waals surface area contributed by atoms with Gasteiger partial charge in [-0.25, -0.2) is 5.43 Å². The van der Waals surface area contributed by atoms with Gasteiger partial charge in [0.2, 0.25) is 5.91 Å². The summed E-state index contributed by atoms with van der Waals surface area (Å²) in [6.07, 6.45) is 0.280. The predicted molar refractivity (Wildman–Crippen MR) is 82.0 cm³/mol. The first-order chi connectivity index (χ1) is 9.65. The van der Waals surface area contributed by atoms with Crippen molar-refractivity contribution in [3.63, 3.8) is 0 Å². The topological polar surface area (TPSA) is 41.5 Å². The van der Waals surface area contributed by atoms with Gasteiger partial charge in [0.05, 0.1) is 12.1 Å². The quantitative estimate of drug-likeness (QED) is 0.679. The van der Waals surface area contributed by atoms with Crippen LogP contribution in [0.4, 0.5) is 0 Å². The molecule has 2 rings (SSSR count).